The topological polar surface area (TPSA) is 29.1 Å². The minimum Gasteiger partial charge on any atom is -0.319 e. The van der Waals surface area contributed by atoms with Crippen LogP contribution >= 0.6 is 55.1 Å². The van der Waals surface area contributed by atoms with Crippen LogP contribution in [0.4, 0.5) is 5.69 Å². The Kier molecular flexibility index (Phi) is 5.13. The molecule has 6 heteroatoms. The fraction of sp³-hybridized carbons (Fsp3) is 0.0714. The fourth-order valence-electron chi connectivity index (χ4n) is 1.67. The number of carbonyl (C=O) groups is 1. The van der Waals surface area contributed by atoms with Gasteiger partial charge in [0.2, 0.25) is 0 Å². The van der Waals surface area contributed by atoms with E-state index in [1.54, 1.807) is 18.2 Å². The van der Waals surface area contributed by atoms with Gasteiger partial charge in [-0.05, 0) is 46.6 Å². The van der Waals surface area contributed by atoms with E-state index in [4.69, 9.17) is 23.2 Å². The van der Waals surface area contributed by atoms with Crippen LogP contribution in [0.25, 0.3) is 0 Å². The van der Waals surface area contributed by atoms with Crippen LogP contribution in [0.3, 0.4) is 0 Å². The van der Waals surface area contributed by atoms with Crippen LogP contribution in [0.15, 0.2) is 39.3 Å². The Hall–Kier alpha value is -0.550. The summed E-state index contributed by atoms with van der Waals surface area (Å²) >= 11 is 18.9. The van der Waals surface area contributed by atoms with E-state index in [-0.39, 0.29) is 5.91 Å². The SMILES string of the molecule is Cc1cccc(C(=O)Nc2c(Cl)cc(Br)cc2Cl)c1Br. The van der Waals surface area contributed by atoms with Crippen LogP contribution in [-0.4, -0.2) is 5.91 Å². The summed E-state index contributed by atoms with van der Waals surface area (Å²) < 4.78 is 1.50. The molecule has 0 saturated carbocycles. The maximum Gasteiger partial charge on any atom is 0.256 e. The van der Waals surface area contributed by atoms with Gasteiger partial charge in [0.25, 0.3) is 5.91 Å². The average Bonchev–Trinajstić information content (AvgIpc) is 2.36. The van der Waals surface area contributed by atoms with Gasteiger partial charge in [-0.25, -0.2) is 0 Å². The number of carbonyl (C=O) groups excluding carboxylic acids is 1. The lowest BCUT2D eigenvalue weighted by Crippen LogP contribution is -2.13. The maximum absolute atomic E-state index is 12.3. The summed E-state index contributed by atoms with van der Waals surface area (Å²) in [6, 6.07) is 8.82. The second-order valence-corrected chi connectivity index (χ2v) is 6.66. The van der Waals surface area contributed by atoms with E-state index in [9.17, 15) is 4.79 Å². The normalized spacial score (nSPS) is 10.4. The van der Waals surface area contributed by atoms with E-state index in [1.165, 1.54) is 0 Å². The van der Waals surface area contributed by atoms with E-state index in [1.807, 2.05) is 19.1 Å². The van der Waals surface area contributed by atoms with E-state index in [0.29, 0.717) is 21.3 Å². The van der Waals surface area contributed by atoms with Crippen molar-refractivity contribution in [2.24, 2.45) is 0 Å². The highest BCUT2D eigenvalue weighted by atomic mass is 79.9. The molecule has 0 atom stereocenters. The first kappa shape index (κ1) is 15.8. The highest BCUT2D eigenvalue weighted by Crippen LogP contribution is 2.34. The molecule has 0 aliphatic rings. The zero-order valence-electron chi connectivity index (χ0n) is 10.3. The number of hydrogen-bond donors (Lipinski definition) is 1. The minimum atomic E-state index is -0.272. The predicted molar refractivity (Wildman–Crippen MR) is 91.0 cm³/mol. The quantitative estimate of drug-likeness (QED) is 0.606. The van der Waals surface area contributed by atoms with Gasteiger partial charge in [-0.3, -0.25) is 4.79 Å². The lowest BCUT2D eigenvalue weighted by Gasteiger charge is -2.11. The number of nitrogens with one attached hydrogen (secondary N) is 1. The van der Waals surface area contributed by atoms with Gasteiger partial charge in [-0.1, -0.05) is 51.3 Å². The molecule has 2 aromatic rings. The summed E-state index contributed by atoms with van der Waals surface area (Å²) in [6.45, 7) is 1.92. The molecule has 2 nitrogen and oxygen atoms in total. The van der Waals surface area contributed by atoms with Crippen molar-refractivity contribution >= 4 is 66.7 Å². The molecule has 0 fully saturated rings. The van der Waals surface area contributed by atoms with E-state index < -0.39 is 0 Å². The monoisotopic (exact) mass is 435 g/mol. The van der Waals surface area contributed by atoms with Crippen LogP contribution in [0.2, 0.25) is 10.0 Å². The van der Waals surface area contributed by atoms with Crippen molar-refractivity contribution in [1.82, 2.24) is 0 Å². The Morgan fingerprint density at radius 3 is 2.35 bits per heavy atom. The molecule has 0 radical (unpaired) electrons. The first-order valence-corrected chi connectivity index (χ1v) is 7.95. The van der Waals surface area contributed by atoms with Crippen molar-refractivity contribution in [2.75, 3.05) is 5.32 Å². The van der Waals surface area contributed by atoms with Gasteiger partial charge in [0.05, 0.1) is 21.3 Å². The highest BCUT2D eigenvalue weighted by Gasteiger charge is 2.15. The number of hydrogen-bond acceptors (Lipinski definition) is 1. The van der Waals surface area contributed by atoms with E-state index in [2.05, 4.69) is 37.2 Å². The molecule has 0 heterocycles. The zero-order valence-corrected chi connectivity index (χ0v) is 15.0. The molecular formula is C14H9Br2Cl2NO. The van der Waals surface area contributed by atoms with Crippen molar-refractivity contribution in [1.29, 1.82) is 0 Å². The second-order valence-electron chi connectivity index (χ2n) is 4.14. The molecule has 0 saturated heterocycles. The largest absolute Gasteiger partial charge is 0.319 e. The zero-order chi connectivity index (χ0) is 14.9. The van der Waals surface area contributed by atoms with Crippen molar-refractivity contribution in [3.05, 3.63) is 60.4 Å². The molecule has 0 aromatic heterocycles. The first-order valence-electron chi connectivity index (χ1n) is 5.61. The van der Waals surface area contributed by atoms with Gasteiger partial charge in [0.15, 0.2) is 0 Å². The van der Waals surface area contributed by atoms with Gasteiger partial charge in [0, 0.05) is 8.95 Å². The molecule has 20 heavy (non-hydrogen) atoms. The Morgan fingerprint density at radius 2 is 1.75 bits per heavy atom. The number of halogens is 4. The van der Waals surface area contributed by atoms with Gasteiger partial charge < -0.3 is 5.32 Å². The summed E-state index contributed by atoms with van der Waals surface area (Å²) in [7, 11) is 0. The maximum atomic E-state index is 12.3. The average molecular weight is 438 g/mol. The lowest BCUT2D eigenvalue weighted by atomic mass is 10.1. The molecule has 0 bridgehead atoms. The Morgan fingerprint density at radius 1 is 1.15 bits per heavy atom. The number of rotatable bonds is 2. The minimum absolute atomic E-state index is 0.272. The molecule has 0 spiro atoms. The Labute approximate surface area is 143 Å². The third-order valence-electron chi connectivity index (χ3n) is 2.68. The number of aryl methyl sites for hydroxylation is 1. The molecule has 0 aliphatic carbocycles. The Bertz CT molecular complexity index is 666. The standard InChI is InChI=1S/C14H9Br2Cl2NO/c1-7-3-2-4-9(12(7)16)14(20)19-13-10(17)5-8(15)6-11(13)18/h2-6H,1H3,(H,19,20). The summed E-state index contributed by atoms with van der Waals surface area (Å²) in [5.74, 6) is -0.272. The van der Waals surface area contributed by atoms with E-state index in [0.717, 1.165) is 14.5 Å². The summed E-state index contributed by atoms with van der Waals surface area (Å²) in [6.07, 6.45) is 0. The molecule has 2 rings (SSSR count). The third-order valence-corrected chi connectivity index (χ3v) is 4.79. The second kappa shape index (κ2) is 6.48. The molecule has 104 valence electrons. The fourth-order valence-corrected chi connectivity index (χ4v) is 3.41. The number of anilines is 1. The van der Waals surface area contributed by atoms with E-state index >= 15 is 0 Å². The summed E-state index contributed by atoms with van der Waals surface area (Å²) in [4.78, 5) is 12.3. The van der Waals surface area contributed by atoms with Gasteiger partial charge in [-0.2, -0.15) is 0 Å². The molecule has 0 aliphatic heterocycles. The molecule has 1 amide bonds. The van der Waals surface area contributed by atoms with Crippen molar-refractivity contribution < 1.29 is 4.79 Å². The number of amides is 1. The van der Waals surface area contributed by atoms with Crippen LogP contribution in [0, 0.1) is 6.92 Å². The van der Waals surface area contributed by atoms with Crippen molar-refractivity contribution in [2.45, 2.75) is 6.92 Å². The molecule has 0 unspecified atom stereocenters. The van der Waals surface area contributed by atoms with Crippen LogP contribution in [0.1, 0.15) is 15.9 Å². The van der Waals surface area contributed by atoms with Crippen LogP contribution < -0.4 is 5.32 Å². The highest BCUT2D eigenvalue weighted by molar-refractivity contribution is 9.10. The summed E-state index contributed by atoms with van der Waals surface area (Å²) in [5.41, 5.74) is 1.90. The molecule has 1 N–H and O–H groups in total. The smallest absolute Gasteiger partial charge is 0.256 e. The van der Waals surface area contributed by atoms with Gasteiger partial charge >= 0.3 is 0 Å². The first-order chi connectivity index (χ1) is 9.40. The number of benzene rings is 2. The molecular weight excluding hydrogens is 429 g/mol. The Balaban J connectivity index is 2.36. The van der Waals surface area contributed by atoms with Gasteiger partial charge in [-0.15, -0.1) is 0 Å². The van der Waals surface area contributed by atoms with Gasteiger partial charge in [0.1, 0.15) is 0 Å². The molecule has 2 aromatic carbocycles. The third kappa shape index (κ3) is 3.37. The summed E-state index contributed by atoms with van der Waals surface area (Å²) in [5, 5.41) is 3.49. The predicted octanol–water partition coefficient (Wildman–Crippen LogP) is 6.08. The lowest BCUT2D eigenvalue weighted by molar-refractivity contribution is 0.102. The van der Waals surface area contributed by atoms with Crippen LogP contribution in [0.5, 0.6) is 0 Å². The van der Waals surface area contributed by atoms with Crippen LogP contribution in [-0.2, 0) is 0 Å². The van der Waals surface area contributed by atoms with Crippen molar-refractivity contribution in [3.8, 4) is 0 Å². The van der Waals surface area contributed by atoms with Crippen molar-refractivity contribution in [3.63, 3.8) is 0 Å².